The van der Waals surface area contributed by atoms with Gasteiger partial charge in [-0.15, -0.1) is 0 Å². The maximum Gasteiger partial charge on any atom is 0.0650 e. The Morgan fingerprint density at radius 3 is 3.08 bits per heavy atom. The average Bonchev–Trinajstić information content (AvgIpc) is 2.58. The van der Waals surface area contributed by atoms with Crippen LogP contribution in [0.3, 0.4) is 0 Å². The molecule has 68 valence electrons. The van der Waals surface area contributed by atoms with Crippen LogP contribution in [0, 0.1) is 0 Å². The zero-order valence-corrected chi connectivity index (χ0v) is 7.88. The highest BCUT2D eigenvalue weighted by Crippen LogP contribution is 2.01. The molecule has 0 saturated heterocycles. The van der Waals surface area contributed by atoms with E-state index in [1.54, 1.807) is 0 Å². The van der Waals surface area contributed by atoms with Crippen LogP contribution < -0.4 is 15.9 Å². The van der Waals surface area contributed by atoms with E-state index in [9.17, 15) is 0 Å². The second kappa shape index (κ2) is 3.71. The summed E-state index contributed by atoms with van der Waals surface area (Å²) in [5, 5.41) is 5.67. The van der Waals surface area contributed by atoms with E-state index in [4.69, 9.17) is 0 Å². The topological polar surface area (TPSA) is 24.4 Å². The van der Waals surface area contributed by atoms with Crippen LogP contribution in [0.25, 0.3) is 5.57 Å². The number of nitrogens with zero attached hydrogens (tertiary/aromatic N) is 1. The van der Waals surface area contributed by atoms with Crippen molar-refractivity contribution in [3.05, 3.63) is 34.8 Å². The Bertz CT molecular complexity index is 406. The summed E-state index contributed by atoms with van der Waals surface area (Å²) < 4.78 is 0. The van der Waals surface area contributed by atoms with Gasteiger partial charge in [0.15, 0.2) is 0 Å². The van der Waals surface area contributed by atoms with Crippen LogP contribution in [0.4, 0.5) is 0 Å². The number of hydrogen-bond acceptors (Lipinski definition) is 2. The van der Waals surface area contributed by atoms with Gasteiger partial charge in [0.2, 0.25) is 0 Å². The molecule has 0 unspecified atom stereocenters. The van der Waals surface area contributed by atoms with E-state index >= 15 is 0 Å². The predicted octanol–water partition coefficient (Wildman–Crippen LogP) is 0.0800. The van der Waals surface area contributed by atoms with Crippen LogP contribution in [0.2, 0.25) is 0 Å². The molecule has 0 atom stereocenters. The van der Waals surface area contributed by atoms with Crippen LogP contribution in [-0.4, -0.2) is 20.1 Å². The lowest BCUT2D eigenvalue weighted by atomic mass is 10.1. The Balaban J connectivity index is 2.37. The van der Waals surface area contributed by atoms with Crippen molar-refractivity contribution in [2.45, 2.75) is 6.42 Å². The fourth-order valence-electron chi connectivity index (χ4n) is 1.67. The van der Waals surface area contributed by atoms with E-state index in [-0.39, 0.29) is 0 Å². The highest BCUT2D eigenvalue weighted by molar-refractivity contribution is 5.48. The molecule has 13 heavy (non-hydrogen) atoms. The van der Waals surface area contributed by atoms with Crippen LogP contribution in [0.1, 0.15) is 6.42 Å². The first kappa shape index (κ1) is 8.45. The van der Waals surface area contributed by atoms with Crippen molar-refractivity contribution in [2.75, 3.05) is 20.1 Å². The molecule has 0 amide bonds. The lowest BCUT2D eigenvalue weighted by Crippen LogP contribution is -2.23. The van der Waals surface area contributed by atoms with E-state index < -0.39 is 0 Å². The van der Waals surface area contributed by atoms with Gasteiger partial charge in [-0.25, -0.2) is 0 Å². The van der Waals surface area contributed by atoms with Crippen molar-refractivity contribution in [1.82, 2.24) is 5.32 Å². The molecule has 0 aromatic heterocycles. The first-order valence-corrected chi connectivity index (χ1v) is 4.68. The van der Waals surface area contributed by atoms with Gasteiger partial charge in [0.1, 0.15) is 0 Å². The van der Waals surface area contributed by atoms with Crippen LogP contribution in [0.5, 0.6) is 0 Å². The molecule has 1 aliphatic rings. The van der Waals surface area contributed by atoms with Gasteiger partial charge < -0.3 is 5.32 Å². The van der Waals surface area contributed by atoms with Crippen molar-refractivity contribution in [3.63, 3.8) is 0 Å². The summed E-state index contributed by atoms with van der Waals surface area (Å²) in [6.45, 7) is 1.93. The number of hydrogen-bond donors (Lipinski definition) is 1. The molecule has 1 aromatic carbocycles. The van der Waals surface area contributed by atoms with Crippen molar-refractivity contribution in [1.29, 1.82) is 0 Å². The fourth-order valence-corrected chi connectivity index (χ4v) is 1.67. The van der Waals surface area contributed by atoms with Crippen LogP contribution >= 0.6 is 0 Å². The average molecular weight is 174 g/mol. The van der Waals surface area contributed by atoms with Crippen LogP contribution in [0.15, 0.2) is 29.3 Å². The SMILES string of the molecule is CNCCC1=c2ccccc2=NC1. The standard InChI is InChI=1S/C11H14N2/c1-12-7-6-9-8-13-11-5-3-2-4-10(9)11/h2-5,12H,6-8H2,1H3. The third-order valence-electron chi connectivity index (χ3n) is 2.40. The molecule has 2 rings (SSSR count). The van der Waals surface area contributed by atoms with Gasteiger partial charge in [-0.05, 0) is 31.7 Å². The smallest absolute Gasteiger partial charge is 0.0650 e. The highest BCUT2D eigenvalue weighted by atomic mass is 14.8. The lowest BCUT2D eigenvalue weighted by Gasteiger charge is -1.99. The molecule has 1 aliphatic heterocycles. The van der Waals surface area contributed by atoms with Crippen molar-refractivity contribution >= 4 is 5.57 Å². The summed E-state index contributed by atoms with van der Waals surface area (Å²) in [5.41, 5.74) is 1.46. The molecule has 1 aromatic rings. The summed E-state index contributed by atoms with van der Waals surface area (Å²) in [4.78, 5) is 4.47. The summed E-state index contributed by atoms with van der Waals surface area (Å²) in [6.07, 6.45) is 1.11. The van der Waals surface area contributed by atoms with Gasteiger partial charge in [-0.2, -0.15) is 0 Å². The van der Waals surface area contributed by atoms with E-state index in [0.29, 0.717) is 0 Å². The van der Waals surface area contributed by atoms with Crippen molar-refractivity contribution in [3.8, 4) is 0 Å². The maximum atomic E-state index is 4.47. The summed E-state index contributed by atoms with van der Waals surface area (Å²) in [6, 6.07) is 8.38. The molecule has 2 heteroatoms. The summed E-state index contributed by atoms with van der Waals surface area (Å²) in [7, 11) is 1.98. The van der Waals surface area contributed by atoms with E-state index in [1.165, 1.54) is 10.8 Å². The zero-order chi connectivity index (χ0) is 9.10. The predicted molar refractivity (Wildman–Crippen MR) is 54.0 cm³/mol. The Morgan fingerprint density at radius 1 is 1.38 bits per heavy atom. The molecule has 0 saturated carbocycles. The molecule has 2 nitrogen and oxygen atoms in total. The Hall–Kier alpha value is -1.15. The molecule has 0 spiro atoms. The molecule has 0 fully saturated rings. The number of fused-ring (bicyclic) bond motifs is 1. The highest BCUT2D eigenvalue weighted by Gasteiger charge is 2.04. The molecule has 0 radical (unpaired) electrons. The quantitative estimate of drug-likeness (QED) is 0.689. The minimum atomic E-state index is 0.890. The molecule has 1 heterocycles. The second-order valence-corrected chi connectivity index (χ2v) is 3.29. The number of benzene rings is 1. The van der Waals surface area contributed by atoms with Gasteiger partial charge in [0.05, 0.1) is 11.9 Å². The first-order valence-electron chi connectivity index (χ1n) is 4.68. The number of rotatable bonds is 3. The number of nitrogens with one attached hydrogen (secondary N) is 1. The molecule has 0 aliphatic carbocycles. The molecular formula is C11H14N2. The zero-order valence-electron chi connectivity index (χ0n) is 7.88. The molecule has 0 bridgehead atoms. The second-order valence-electron chi connectivity index (χ2n) is 3.29. The minimum absolute atomic E-state index is 0.890. The Labute approximate surface area is 78.0 Å². The number of para-hydroxylation sites is 1. The van der Waals surface area contributed by atoms with Gasteiger partial charge in [0, 0.05) is 5.22 Å². The van der Waals surface area contributed by atoms with E-state index in [0.717, 1.165) is 24.9 Å². The molecule has 1 N–H and O–H groups in total. The van der Waals surface area contributed by atoms with Gasteiger partial charge >= 0.3 is 0 Å². The van der Waals surface area contributed by atoms with Gasteiger partial charge in [0.25, 0.3) is 0 Å². The summed E-state index contributed by atoms with van der Waals surface area (Å²) >= 11 is 0. The largest absolute Gasteiger partial charge is 0.319 e. The first-order chi connectivity index (χ1) is 6.42. The van der Waals surface area contributed by atoms with Gasteiger partial charge in [-0.1, -0.05) is 18.2 Å². The monoisotopic (exact) mass is 174 g/mol. The third kappa shape index (κ3) is 1.63. The Kier molecular flexibility index (Phi) is 2.41. The third-order valence-corrected chi connectivity index (χ3v) is 2.40. The lowest BCUT2D eigenvalue weighted by molar-refractivity contribution is 0.808. The van der Waals surface area contributed by atoms with Crippen LogP contribution in [-0.2, 0) is 0 Å². The van der Waals surface area contributed by atoms with E-state index in [2.05, 4.69) is 28.5 Å². The van der Waals surface area contributed by atoms with Crippen molar-refractivity contribution in [2.24, 2.45) is 4.99 Å². The molecular weight excluding hydrogens is 160 g/mol. The fraction of sp³-hybridized carbons (Fsp3) is 0.364. The summed E-state index contributed by atoms with van der Waals surface area (Å²) in [5.74, 6) is 0. The minimum Gasteiger partial charge on any atom is -0.319 e. The maximum absolute atomic E-state index is 4.47. The Morgan fingerprint density at radius 2 is 2.23 bits per heavy atom. The normalized spacial score (nSPS) is 14.1. The van der Waals surface area contributed by atoms with Crippen molar-refractivity contribution < 1.29 is 0 Å². The van der Waals surface area contributed by atoms with Gasteiger partial charge in [-0.3, -0.25) is 4.99 Å². The van der Waals surface area contributed by atoms with E-state index in [1.807, 2.05) is 13.1 Å².